The number of nitrogens with two attached hydrogens (primary N) is 1. The number of hydrogen-bond donors (Lipinski definition) is 2. The number of phenols is 1. The fourth-order valence-electron chi connectivity index (χ4n) is 1.90. The molecule has 0 unspecified atom stereocenters. The highest BCUT2D eigenvalue weighted by Crippen LogP contribution is 2.24. The van der Waals surface area contributed by atoms with Gasteiger partial charge in [-0.2, -0.15) is 0 Å². The molecule has 0 amide bonds. The van der Waals surface area contributed by atoms with Gasteiger partial charge in [-0.15, -0.1) is 0 Å². The van der Waals surface area contributed by atoms with E-state index in [4.69, 9.17) is 5.73 Å². The lowest BCUT2D eigenvalue weighted by Gasteiger charge is -2.03. The van der Waals surface area contributed by atoms with Crippen LogP contribution in [0.4, 0.5) is 5.69 Å². The molecular formula is C13H11N3O. The monoisotopic (exact) mass is 225 g/mol. The van der Waals surface area contributed by atoms with Crippen molar-refractivity contribution in [3.8, 4) is 17.1 Å². The molecule has 17 heavy (non-hydrogen) atoms. The van der Waals surface area contributed by atoms with Gasteiger partial charge >= 0.3 is 0 Å². The molecule has 0 saturated carbocycles. The molecule has 0 fully saturated rings. The fourth-order valence-corrected chi connectivity index (χ4v) is 1.90. The summed E-state index contributed by atoms with van der Waals surface area (Å²) in [4.78, 5) is 4.34. The average Bonchev–Trinajstić information content (AvgIpc) is 2.74. The quantitative estimate of drug-likeness (QED) is 0.667. The van der Waals surface area contributed by atoms with E-state index in [9.17, 15) is 5.11 Å². The number of rotatable bonds is 1. The lowest BCUT2D eigenvalue weighted by molar-refractivity contribution is 0.475. The van der Waals surface area contributed by atoms with Crippen molar-refractivity contribution in [1.29, 1.82) is 0 Å². The summed E-state index contributed by atoms with van der Waals surface area (Å²) < 4.78 is 1.91. The molecule has 84 valence electrons. The van der Waals surface area contributed by atoms with E-state index >= 15 is 0 Å². The maximum atomic E-state index is 9.48. The first kappa shape index (κ1) is 9.72. The van der Waals surface area contributed by atoms with Gasteiger partial charge in [0.2, 0.25) is 0 Å². The Balaban J connectivity index is 2.28. The van der Waals surface area contributed by atoms with Crippen LogP contribution in [0.15, 0.2) is 48.8 Å². The second-order valence-electron chi connectivity index (χ2n) is 3.85. The summed E-state index contributed by atoms with van der Waals surface area (Å²) in [5.41, 5.74) is 8.28. The molecule has 4 nitrogen and oxygen atoms in total. The Morgan fingerprint density at radius 1 is 1.18 bits per heavy atom. The van der Waals surface area contributed by atoms with Gasteiger partial charge < -0.3 is 10.8 Å². The van der Waals surface area contributed by atoms with Gasteiger partial charge in [-0.05, 0) is 24.3 Å². The molecule has 0 aliphatic heterocycles. The van der Waals surface area contributed by atoms with E-state index < -0.39 is 0 Å². The molecule has 0 saturated heterocycles. The Bertz CT molecular complexity index is 688. The smallest absolute Gasteiger partial charge is 0.144 e. The largest absolute Gasteiger partial charge is 0.508 e. The zero-order valence-electron chi connectivity index (χ0n) is 9.04. The molecule has 0 aliphatic rings. The summed E-state index contributed by atoms with van der Waals surface area (Å²) in [6.45, 7) is 0. The van der Waals surface area contributed by atoms with Gasteiger partial charge in [0.1, 0.15) is 11.6 Å². The SMILES string of the molecule is Nc1cccn2c(-c3cccc(O)c3)ncc12. The number of imidazole rings is 1. The van der Waals surface area contributed by atoms with Crippen molar-refractivity contribution in [1.82, 2.24) is 9.38 Å². The molecule has 0 spiro atoms. The molecule has 3 N–H and O–H groups in total. The normalized spacial score (nSPS) is 10.8. The molecule has 3 aromatic rings. The molecule has 1 aromatic carbocycles. The number of benzene rings is 1. The molecule has 4 heteroatoms. The lowest BCUT2D eigenvalue weighted by atomic mass is 10.2. The number of aromatic hydroxyl groups is 1. The second-order valence-corrected chi connectivity index (χ2v) is 3.85. The van der Waals surface area contributed by atoms with Gasteiger partial charge in [-0.25, -0.2) is 4.98 Å². The maximum Gasteiger partial charge on any atom is 0.144 e. The molecular weight excluding hydrogens is 214 g/mol. The molecule has 2 heterocycles. The van der Waals surface area contributed by atoms with Crippen LogP contribution in [-0.4, -0.2) is 14.5 Å². The Kier molecular flexibility index (Phi) is 2.01. The minimum Gasteiger partial charge on any atom is -0.508 e. The predicted octanol–water partition coefficient (Wildman–Crippen LogP) is 2.29. The van der Waals surface area contributed by atoms with Crippen LogP contribution in [-0.2, 0) is 0 Å². The Morgan fingerprint density at radius 2 is 2.06 bits per heavy atom. The van der Waals surface area contributed by atoms with Crippen LogP contribution in [0.3, 0.4) is 0 Å². The summed E-state index contributed by atoms with van der Waals surface area (Å²) in [5.74, 6) is 0.992. The molecule has 0 radical (unpaired) electrons. The van der Waals surface area contributed by atoms with Crippen LogP contribution >= 0.6 is 0 Å². The minimum absolute atomic E-state index is 0.225. The third-order valence-electron chi connectivity index (χ3n) is 2.71. The van der Waals surface area contributed by atoms with Gasteiger partial charge in [-0.3, -0.25) is 4.40 Å². The number of nitrogens with zero attached hydrogens (tertiary/aromatic N) is 2. The van der Waals surface area contributed by atoms with Gasteiger partial charge in [0.05, 0.1) is 17.4 Å². The van der Waals surface area contributed by atoms with Gasteiger partial charge in [0, 0.05) is 11.8 Å². The van der Waals surface area contributed by atoms with E-state index in [0.717, 1.165) is 16.9 Å². The summed E-state index contributed by atoms with van der Waals surface area (Å²) in [5, 5.41) is 9.48. The summed E-state index contributed by atoms with van der Waals surface area (Å²) >= 11 is 0. The number of phenolic OH excluding ortho intramolecular Hbond substituents is 1. The Morgan fingerprint density at radius 3 is 2.88 bits per heavy atom. The highest BCUT2D eigenvalue weighted by molar-refractivity contribution is 5.73. The van der Waals surface area contributed by atoms with Crippen LogP contribution in [0, 0.1) is 0 Å². The van der Waals surface area contributed by atoms with Crippen LogP contribution in [0.5, 0.6) is 5.75 Å². The van der Waals surface area contributed by atoms with E-state index in [1.807, 2.05) is 28.8 Å². The number of pyridine rings is 1. The number of hydrogen-bond acceptors (Lipinski definition) is 3. The van der Waals surface area contributed by atoms with Crippen molar-refractivity contribution in [3.63, 3.8) is 0 Å². The summed E-state index contributed by atoms with van der Waals surface area (Å²) in [6, 6.07) is 10.7. The van der Waals surface area contributed by atoms with Crippen molar-refractivity contribution < 1.29 is 5.11 Å². The van der Waals surface area contributed by atoms with Crippen LogP contribution in [0.2, 0.25) is 0 Å². The summed E-state index contributed by atoms with van der Waals surface area (Å²) in [7, 11) is 0. The number of anilines is 1. The molecule has 3 rings (SSSR count). The van der Waals surface area contributed by atoms with Gasteiger partial charge in [0.15, 0.2) is 0 Å². The zero-order chi connectivity index (χ0) is 11.8. The number of fused-ring (bicyclic) bond motifs is 1. The molecule has 0 aliphatic carbocycles. The van der Waals surface area contributed by atoms with E-state index in [1.165, 1.54) is 0 Å². The first-order chi connectivity index (χ1) is 8.25. The predicted molar refractivity (Wildman–Crippen MR) is 66.7 cm³/mol. The van der Waals surface area contributed by atoms with Crippen molar-refractivity contribution in [2.75, 3.05) is 5.73 Å². The summed E-state index contributed by atoms with van der Waals surface area (Å²) in [6.07, 6.45) is 3.63. The van der Waals surface area contributed by atoms with Crippen molar-refractivity contribution in [2.24, 2.45) is 0 Å². The van der Waals surface area contributed by atoms with Crippen molar-refractivity contribution >= 4 is 11.2 Å². The molecule has 2 aromatic heterocycles. The van der Waals surface area contributed by atoms with E-state index in [1.54, 1.807) is 24.4 Å². The highest BCUT2D eigenvalue weighted by Gasteiger charge is 2.07. The van der Waals surface area contributed by atoms with Crippen LogP contribution in [0.25, 0.3) is 16.9 Å². The van der Waals surface area contributed by atoms with Crippen LogP contribution in [0.1, 0.15) is 0 Å². The Hall–Kier alpha value is -2.49. The first-order valence-electron chi connectivity index (χ1n) is 5.26. The maximum absolute atomic E-state index is 9.48. The average molecular weight is 225 g/mol. The lowest BCUT2D eigenvalue weighted by Crippen LogP contribution is -1.92. The second kappa shape index (κ2) is 3.52. The van der Waals surface area contributed by atoms with Crippen molar-refractivity contribution in [2.45, 2.75) is 0 Å². The molecule has 0 atom stereocenters. The Labute approximate surface area is 98.0 Å². The fraction of sp³-hybridized carbons (Fsp3) is 0. The first-order valence-corrected chi connectivity index (χ1v) is 5.26. The van der Waals surface area contributed by atoms with Crippen molar-refractivity contribution in [3.05, 3.63) is 48.8 Å². The number of aromatic nitrogens is 2. The third-order valence-corrected chi connectivity index (χ3v) is 2.71. The van der Waals surface area contributed by atoms with Gasteiger partial charge in [-0.1, -0.05) is 12.1 Å². The zero-order valence-corrected chi connectivity index (χ0v) is 9.04. The third kappa shape index (κ3) is 1.50. The minimum atomic E-state index is 0.225. The van der Waals surface area contributed by atoms with E-state index in [2.05, 4.69) is 4.98 Å². The highest BCUT2D eigenvalue weighted by atomic mass is 16.3. The van der Waals surface area contributed by atoms with Gasteiger partial charge in [0.25, 0.3) is 0 Å². The molecule has 0 bridgehead atoms. The van der Waals surface area contributed by atoms with Crippen LogP contribution < -0.4 is 5.73 Å². The van der Waals surface area contributed by atoms with E-state index in [0.29, 0.717) is 5.69 Å². The number of nitrogen functional groups attached to an aromatic ring is 1. The van der Waals surface area contributed by atoms with E-state index in [-0.39, 0.29) is 5.75 Å². The topological polar surface area (TPSA) is 63.5 Å². The standard InChI is InChI=1S/C13H11N3O/c14-11-5-2-6-16-12(11)8-15-13(16)9-3-1-4-10(17)7-9/h1-8,17H,14H2.